The fraction of sp³-hybridized carbons (Fsp3) is 0.417. The molecule has 6 rings (SSSR count). The van der Waals surface area contributed by atoms with Gasteiger partial charge in [-0.15, -0.1) is 5.10 Å². The number of carbonyl (C=O) groups is 2. The molecule has 0 bridgehead atoms. The average molecular weight is 757 g/mol. The molecule has 2 fully saturated rings. The van der Waals surface area contributed by atoms with Crippen molar-refractivity contribution in [2.75, 3.05) is 95.5 Å². The van der Waals surface area contributed by atoms with Crippen molar-refractivity contribution in [3.05, 3.63) is 71.8 Å². The largest absolute Gasteiger partial charge is 0.445 e. The number of benzene rings is 3. The molecule has 2 saturated heterocycles. The van der Waals surface area contributed by atoms with Crippen molar-refractivity contribution in [2.24, 2.45) is 0 Å². The summed E-state index contributed by atoms with van der Waals surface area (Å²) in [5.41, 5.74) is 1.71. The summed E-state index contributed by atoms with van der Waals surface area (Å²) < 4.78 is 78.4. The van der Waals surface area contributed by atoms with Gasteiger partial charge in [0, 0.05) is 70.0 Å². The maximum absolute atomic E-state index is 14.2. The second-order valence-electron chi connectivity index (χ2n) is 12.7. The Morgan fingerprint density at radius 1 is 0.943 bits per heavy atom. The van der Waals surface area contributed by atoms with E-state index in [4.69, 9.17) is 18.9 Å². The van der Waals surface area contributed by atoms with Gasteiger partial charge in [0.05, 0.1) is 46.1 Å². The van der Waals surface area contributed by atoms with E-state index in [1.807, 2.05) is 12.1 Å². The van der Waals surface area contributed by atoms with Crippen molar-refractivity contribution in [3.8, 4) is 0 Å². The monoisotopic (exact) mass is 756 g/mol. The zero-order valence-electron chi connectivity index (χ0n) is 29.5. The topological polar surface area (TPSA) is 154 Å². The SMILES string of the molecule is COCCOCCOC(=O)n1nc(NC(=O)c2ccc(N3CCN(C)CC3)cc2NC2CCOCC2)c2c(S(=O)(=O)c3cc(F)cc(F)c3)cccc21. The highest BCUT2D eigenvalue weighted by atomic mass is 32.2. The van der Waals surface area contributed by atoms with E-state index in [2.05, 4.69) is 32.6 Å². The van der Waals surface area contributed by atoms with Crippen LogP contribution in [-0.2, 0) is 28.8 Å². The molecule has 53 heavy (non-hydrogen) atoms. The van der Waals surface area contributed by atoms with Gasteiger partial charge < -0.3 is 39.4 Å². The zero-order chi connectivity index (χ0) is 37.5. The minimum Gasteiger partial charge on any atom is -0.445 e. The van der Waals surface area contributed by atoms with E-state index in [0.717, 1.165) is 49.4 Å². The number of hydrogen-bond acceptors (Lipinski definition) is 12. The lowest BCUT2D eigenvalue weighted by Gasteiger charge is -2.34. The van der Waals surface area contributed by atoms with Crippen LogP contribution in [-0.4, -0.2) is 121 Å². The summed E-state index contributed by atoms with van der Waals surface area (Å²) in [5.74, 6) is -3.11. The first-order valence-electron chi connectivity index (χ1n) is 17.2. The van der Waals surface area contributed by atoms with Crippen molar-refractivity contribution in [1.82, 2.24) is 14.7 Å². The van der Waals surface area contributed by atoms with Gasteiger partial charge in [-0.3, -0.25) is 4.79 Å². The molecule has 0 radical (unpaired) electrons. The van der Waals surface area contributed by atoms with E-state index in [1.165, 1.54) is 25.3 Å². The van der Waals surface area contributed by atoms with Gasteiger partial charge in [-0.1, -0.05) is 6.07 Å². The van der Waals surface area contributed by atoms with Crippen molar-refractivity contribution < 1.29 is 45.7 Å². The Bertz CT molecular complexity index is 2030. The second-order valence-corrected chi connectivity index (χ2v) is 14.7. The fourth-order valence-corrected chi connectivity index (χ4v) is 7.76. The van der Waals surface area contributed by atoms with Crippen LogP contribution in [0.5, 0.6) is 0 Å². The minimum absolute atomic E-state index is 0.0329. The van der Waals surface area contributed by atoms with E-state index in [-0.39, 0.29) is 48.1 Å². The molecule has 0 aliphatic carbocycles. The Balaban J connectivity index is 1.38. The number of halogens is 2. The average Bonchev–Trinajstić information content (AvgIpc) is 3.51. The molecular formula is C36H42F2N6O8S. The first-order chi connectivity index (χ1) is 25.5. The van der Waals surface area contributed by atoms with Crippen molar-refractivity contribution in [1.29, 1.82) is 0 Å². The number of anilines is 3. The highest BCUT2D eigenvalue weighted by Crippen LogP contribution is 2.35. The number of fused-ring (bicyclic) bond motifs is 1. The lowest BCUT2D eigenvalue weighted by molar-refractivity contribution is 0.0420. The van der Waals surface area contributed by atoms with E-state index in [9.17, 15) is 26.8 Å². The van der Waals surface area contributed by atoms with E-state index < -0.39 is 43.3 Å². The van der Waals surface area contributed by atoms with Crippen molar-refractivity contribution >= 4 is 49.9 Å². The Hall–Kier alpha value is -4.68. The molecule has 2 N–H and O–H groups in total. The number of likely N-dealkylation sites (N-methyl/N-ethyl adjacent to an activating group) is 1. The molecule has 1 amide bonds. The van der Waals surface area contributed by atoms with Gasteiger partial charge in [-0.25, -0.2) is 22.0 Å². The van der Waals surface area contributed by atoms with Gasteiger partial charge >= 0.3 is 6.09 Å². The van der Waals surface area contributed by atoms with Crippen LogP contribution in [0.15, 0.2) is 64.4 Å². The Morgan fingerprint density at radius 2 is 1.66 bits per heavy atom. The summed E-state index contributed by atoms with van der Waals surface area (Å²) in [6.45, 7) is 5.05. The number of piperazine rings is 1. The number of rotatable bonds is 13. The number of hydrogen-bond donors (Lipinski definition) is 2. The van der Waals surface area contributed by atoms with Gasteiger partial charge in [-0.2, -0.15) is 4.68 Å². The summed E-state index contributed by atoms with van der Waals surface area (Å²) in [4.78, 5) is 30.9. The van der Waals surface area contributed by atoms with E-state index in [0.29, 0.717) is 43.7 Å². The van der Waals surface area contributed by atoms with Gasteiger partial charge in [0.1, 0.15) is 18.2 Å². The number of carbonyl (C=O) groups excluding carboxylic acids is 2. The molecule has 4 aromatic rings. The first-order valence-corrected chi connectivity index (χ1v) is 18.7. The molecule has 0 saturated carbocycles. The molecule has 14 nitrogen and oxygen atoms in total. The van der Waals surface area contributed by atoms with Gasteiger partial charge in [0.25, 0.3) is 5.91 Å². The maximum Gasteiger partial charge on any atom is 0.435 e. The van der Waals surface area contributed by atoms with E-state index in [1.54, 1.807) is 6.07 Å². The van der Waals surface area contributed by atoms with Crippen LogP contribution in [0.3, 0.4) is 0 Å². The molecule has 1 aromatic heterocycles. The summed E-state index contributed by atoms with van der Waals surface area (Å²) in [5, 5.41) is 10.4. The van der Waals surface area contributed by atoms with Crippen molar-refractivity contribution in [3.63, 3.8) is 0 Å². The highest BCUT2D eigenvalue weighted by molar-refractivity contribution is 7.91. The normalized spacial score (nSPS) is 15.8. The number of ether oxygens (including phenoxy) is 4. The number of nitrogens with one attached hydrogen (secondary N) is 2. The van der Waals surface area contributed by atoms with Crippen LogP contribution in [0.4, 0.5) is 30.8 Å². The Kier molecular flexibility index (Phi) is 12.2. The molecule has 0 atom stereocenters. The number of sulfone groups is 1. The summed E-state index contributed by atoms with van der Waals surface area (Å²) in [6.07, 6.45) is 0.489. The maximum atomic E-state index is 14.2. The molecule has 17 heteroatoms. The third kappa shape index (κ3) is 8.93. The number of aromatic nitrogens is 2. The van der Waals surface area contributed by atoms with Crippen LogP contribution < -0.4 is 15.5 Å². The fourth-order valence-electron chi connectivity index (χ4n) is 6.24. The summed E-state index contributed by atoms with van der Waals surface area (Å²) >= 11 is 0. The van der Waals surface area contributed by atoms with Crippen molar-refractivity contribution in [2.45, 2.75) is 28.7 Å². The van der Waals surface area contributed by atoms with Crippen LogP contribution >= 0.6 is 0 Å². The predicted octanol–water partition coefficient (Wildman–Crippen LogP) is 4.39. The van der Waals surface area contributed by atoms with Gasteiger partial charge in [0.2, 0.25) is 9.84 Å². The van der Waals surface area contributed by atoms with Crippen LogP contribution in [0.2, 0.25) is 0 Å². The quantitative estimate of drug-likeness (QED) is 0.186. The molecule has 2 aliphatic rings. The Morgan fingerprint density at radius 3 is 2.38 bits per heavy atom. The van der Waals surface area contributed by atoms with E-state index >= 15 is 0 Å². The zero-order valence-corrected chi connectivity index (χ0v) is 30.3. The third-order valence-electron chi connectivity index (χ3n) is 9.09. The molecule has 0 spiro atoms. The number of amides is 1. The molecular weight excluding hydrogens is 714 g/mol. The van der Waals surface area contributed by atoms with Crippen LogP contribution in [0.25, 0.3) is 10.9 Å². The third-order valence-corrected chi connectivity index (χ3v) is 10.9. The number of nitrogens with zero attached hydrogens (tertiary/aromatic N) is 4. The molecule has 284 valence electrons. The van der Waals surface area contributed by atoms with Crippen LogP contribution in [0, 0.1) is 11.6 Å². The Labute approximate surface area is 305 Å². The standard InChI is InChI=1S/C36H42F2N6O8S/c1-42-10-12-43(13-11-42)27-6-7-29(30(23-27)39-26-8-14-50-15-9-26)35(45)40-34-33-31(44(41-34)36(46)52-19-18-51-17-16-49-2)4-3-5-32(33)53(47,48)28-21-24(37)20-25(38)22-28/h3-7,20-23,26,39H,8-19H2,1-2H3,(H,40,41,45). The first kappa shape index (κ1) is 38.1. The lowest BCUT2D eigenvalue weighted by Crippen LogP contribution is -2.44. The highest BCUT2D eigenvalue weighted by Gasteiger charge is 2.29. The second kappa shape index (κ2) is 17.0. The van der Waals surface area contributed by atoms with Gasteiger partial charge in [0.15, 0.2) is 5.82 Å². The number of methoxy groups -OCH3 is 1. The predicted molar refractivity (Wildman–Crippen MR) is 193 cm³/mol. The smallest absolute Gasteiger partial charge is 0.435 e. The summed E-state index contributed by atoms with van der Waals surface area (Å²) in [7, 11) is -1.03. The lowest BCUT2D eigenvalue weighted by atomic mass is 10.1. The van der Waals surface area contributed by atoms with Gasteiger partial charge in [-0.05, 0) is 62.4 Å². The molecule has 3 aromatic carbocycles. The molecule has 3 heterocycles. The van der Waals surface area contributed by atoms with Crippen LogP contribution in [0.1, 0.15) is 23.2 Å². The summed E-state index contributed by atoms with van der Waals surface area (Å²) in [6, 6.07) is 11.4. The minimum atomic E-state index is -4.63. The molecule has 0 unspecified atom stereocenters. The molecule has 2 aliphatic heterocycles.